The minimum Gasteiger partial charge on any atom is -0.507 e. The van der Waals surface area contributed by atoms with Gasteiger partial charge in [0.1, 0.15) is 17.1 Å². The zero-order valence-corrected chi connectivity index (χ0v) is 21.8. The van der Waals surface area contributed by atoms with Crippen molar-refractivity contribution in [3.63, 3.8) is 0 Å². The van der Waals surface area contributed by atoms with Crippen molar-refractivity contribution in [2.24, 2.45) is 17.8 Å². The maximum Gasteiger partial charge on any atom is 0.127 e. The maximum atomic E-state index is 10.5. The van der Waals surface area contributed by atoms with Crippen LogP contribution in [-0.4, -0.2) is 15.8 Å². The Morgan fingerprint density at radius 2 is 1.50 bits per heavy atom. The number of rotatable bonds is 13. The van der Waals surface area contributed by atoms with Crippen LogP contribution in [0.2, 0.25) is 0 Å². The Labute approximate surface area is 200 Å². The minimum atomic E-state index is -2.59. The molecule has 0 fully saturated rings. The Bertz CT molecular complexity index is 800. The van der Waals surface area contributed by atoms with E-state index in [9.17, 15) is 10.2 Å². The number of hydrogen-bond donors (Lipinski definition) is 2. The van der Waals surface area contributed by atoms with Gasteiger partial charge in [0.15, 0.2) is 0 Å². The highest BCUT2D eigenvalue weighted by atomic mass is 16.5. The molecule has 0 aliphatic carbocycles. The monoisotopic (exact) mass is 448 g/mol. The van der Waals surface area contributed by atoms with E-state index in [1.54, 1.807) is 6.92 Å². The predicted octanol–water partition coefficient (Wildman–Crippen LogP) is 8.02. The molecule has 1 heterocycles. The van der Waals surface area contributed by atoms with Gasteiger partial charge < -0.3 is 14.9 Å². The van der Waals surface area contributed by atoms with Crippen molar-refractivity contribution in [1.82, 2.24) is 0 Å². The fourth-order valence-corrected chi connectivity index (χ4v) is 5.18. The molecule has 32 heavy (non-hydrogen) atoms. The van der Waals surface area contributed by atoms with E-state index in [-0.39, 0.29) is 16.9 Å². The van der Waals surface area contributed by atoms with Gasteiger partial charge in [-0.3, -0.25) is 0 Å². The van der Waals surface area contributed by atoms with Crippen LogP contribution in [0, 0.1) is 31.6 Å². The van der Waals surface area contributed by atoms with E-state index in [1.807, 2.05) is 6.92 Å². The predicted molar refractivity (Wildman–Crippen MR) is 136 cm³/mol. The van der Waals surface area contributed by atoms with E-state index in [4.69, 9.17) is 7.48 Å². The zero-order chi connectivity index (χ0) is 25.7. The SMILES string of the molecule is [2H]C([2H])(O)c1c(O)c(C)c(C)c2c1CC[C@@](C)(CCC[C@H](C)CCC[C@H](C)CCCC(C)C)O2. The summed E-state index contributed by atoms with van der Waals surface area (Å²) in [5, 5.41) is 20.6. The van der Waals surface area contributed by atoms with Crippen molar-refractivity contribution in [3.05, 3.63) is 22.3 Å². The summed E-state index contributed by atoms with van der Waals surface area (Å²) < 4.78 is 22.1. The Morgan fingerprint density at radius 1 is 0.938 bits per heavy atom. The molecule has 1 aromatic rings. The Balaban J connectivity index is 1.86. The summed E-state index contributed by atoms with van der Waals surface area (Å²) in [6.07, 6.45) is 12.6. The quantitative estimate of drug-likeness (QED) is 0.321. The molecule has 0 amide bonds. The molecule has 0 unspecified atom stereocenters. The molecule has 0 saturated carbocycles. The molecule has 1 aromatic carbocycles. The second-order valence-electron chi connectivity index (χ2n) is 11.3. The molecule has 3 heteroatoms. The molecule has 2 N–H and O–H groups in total. The summed E-state index contributed by atoms with van der Waals surface area (Å²) in [4.78, 5) is 0. The highest BCUT2D eigenvalue weighted by Crippen LogP contribution is 2.44. The van der Waals surface area contributed by atoms with Gasteiger partial charge in [-0.1, -0.05) is 72.6 Å². The second kappa shape index (κ2) is 12.3. The number of phenols is 1. The first-order valence-corrected chi connectivity index (χ1v) is 13.0. The normalized spacial score (nSPS) is 21.5. The fourth-order valence-electron chi connectivity index (χ4n) is 5.18. The van der Waals surface area contributed by atoms with Crippen molar-refractivity contribution in [2.45, 2.75) is 131 Å². The van der Waals surface area contributed by atoms with Crippen molar-refractivity contribution >= 4 is 0 Å². The molecule has 0 aromatic heterocycles. The van der Waals surface area contributed by atoms with Gasteiger partial charge in [-0.2, -0.15) is 0 Å². The number of ether oxygens (including phenoxy) is 1. The lowest BCUT2D eigenvalue weighted by Crippen LogP contribution is -2.37. The van der Waals surface area contributed by atoms with Crippen LogP contribution >= 0.6 is 0 Å². The summed E-state index contributed by atoms with van der Waals surface area (Å²) in [5.41, 5.74) is 1.69. The average Bonchev–Trinajstić information content (AvgIpc) is 2.71. The molecule has 3 nitrogen and oxygen atoms in total. The van der Waals surface area contributed by atoms with Crippen molar-refractivity contribution < 1.29 is 17.7 Å². The van der Waals surface area contributed by atoms with Crippen molar-refractivity contribution in [2.75, 3.05) is 0 Å². The average molecular weight is 449 g/mol. The molecule has 3 atom stereocenters. The lowest BCUT2D eigenvalue weighted by Gasteiger charge is -2.38. The number of hydrogen-bond acceptors (Lipinski definition) is 3. The fraction of sp³-hybridized carbons (Fsp3) is 0.793. The zero-order valence-electron chi connectivity index (χ0n) is 23.8. The van der Waals surface area contributed by atoms with E-state index in [0.717, 1.165) is 42.6 Å². The van der Waals surface area contributed by atoms with Gasteiger partial charge in [0.05, 0.1) is 9.30 Å². The van der Waals surface area contributed by atoms with Crippen LogP contribution in [0.4, 0.5) is 0 Å². The van der Waals surface area contributed by atoms with Gasteiger partial charge in [-0.25, -0.2) is 0 Å². The van der Waals surface area contributed by atoms with Gasteiger partial charge >= 0.3 is 0 Å². The van der Waals surface area contributed by atoms with E-state index in [0.29, 0.717) is 23.3 Å². The third kappa shape index (κ3) is 7.40. The lowest BCUT2D eigenvalue weighted by atomic mass is 9.83. The molecular weight excluding hydrogens is 396 g/mol. The van der Waals surface area contributed by atoms with Crippen molar-refractivity contribution in [3.8, 4) is 11.5 Å². The summed E-state index contributed by atoms with van der Waals surface area (Å²) in [7, 11) is 0. The first-order chi connectivity index (χ1) is 15.7. The number of aromatic hydroxyl groups is 1. The Morgan fingerprint density at radius 3 is 2.06 bits per heavy atom. The summed E-state index contributed by atoms with van der Waals surface area (Å²) in [6, 6.07) is 0. The van der Waals surface area contributed by atoms with Crippen LogP contribution in [0.1, 0.15) is 124 Å². The molecular formula is C29H50O3. The number of fused-ring (bicyclic) bond motifs is 1. The highest BCUT2D eigenvalue weighted by Gasteiger charge is 2.34. The third-order valence-electron chi connectivity index (χ3n) is 7.71. The minimum absolute atomic E-state index is 0.0280. The standard InChI is InChI=1S/C29H50O3/c1-20(2)11-8-12-21(3)13-9-14-22(4)15-10-17-29(7)18-16-25-26(19-30)27(31)23(5)24(6)28(25)32-29/h20-22,30-31H,8-19H2,1-7H3/t21-,22-,29-/m1/s1/i19D2. The van der Waals surface area contributed by atoms with Gasteiger partial charge in [-0.15, -0.1) is 0 Å². The third-order valence-corrected chi connectivity index (χ3v) is 7.71. The van der Waals surface area contributed by atoms with Crippen LogP contribution in [0.5, 0.6) is 11.5 Å². The van der Waals surface area contributed by atoms with Crippen LogP contribution in [0.15, 0.2) is 0 Å². The molecule has 0 saturated heterocycles. The van der Waals surface area contributed by atoms with E-state index in [1.165, 1.54) is 44.9 Å². The summed E-state index contributed by atoms with van der Waals surface area (Å²) in [5.74, 6) is 2.87. The van der Waals surface area contributed by atoms with E-state index >= 15 is 0 Å². The van der Waals surface area contributed by atoms with Gasteiger partial charge in [0.25, 0.3) is 0 Å². The molecule has 184 valence electrons. The van der Waals surface area contributed by atoms with Gasteiger partial charge in [-0.05, 0) is 75.3 Å². The largest absolute Gasteiger partial charge is 0.507 e. The highest BCUT2D eigenvalue weighted by molar-refractivity contribution is 5.58. The van der Waals surface area contributed by atoms with Crippen LogP contribution < -0.4 is 4.74 Å². The molecule has 2 rings (SSSR count). The van der Waals surface area contributed by atoms with Gasteiger partial charge in [0, 0.05) is 11.1 Å². The smallest absolute Gasteiger partial charge is 0.127 e. The molecule has 1 aliphatic heterocycles. The molecule has 1 aliphatic rings. The van der Waals surface area contributed by atoms with Crippen LogP contribution in [0.3, 0.4) is 0 Å². The van der Waals surface area contributed by atoms with Crippen LogP contribution in [0.25, 0.3) is 0 Å². The first-order valence-electron chi connectivity index (χ1n) is 14.0. The number of aliphatic hydroxyl groups is 1. The topological polar surface area (TPSA) is 49.7 Å². The number of benzene rings is 1. The van der Waals surface area contributed by atoms with E-state index < -0.39 is 6.56 Å². The van der Waals surface area contributed by atoms with Crippen molar-refractivity contribution in [1.29, 1.82) is 0 Å². The summed E-state index contributed by atoms with van der Waals surface area (Å²) >= 11 is 0. The lowest BCUT2D eigenvalue weighted by molar-refractivity contribution is 0.0506. The molecule has 0 radical (unpaired) electrons. The second-order valence-corrected chi connectivity index (χ2v) is 11.3. The Kier molecular flexibility index (Phi) is 9.20. The van der Waals surface area contributed by atoms with Crippen LogP contribution in [-0.2, 0) is 13.0 Å². The maximum absolute atomic E-state index is 10.5. The molecule has 0 bridgehead atoms. The van der Waals surface area contributed by atoms with E-state index in [2.05, 4.69) is 34.6 Å². The first kappa shape index (κ1) is 23.9. The molecule has 0 spiro atoms. The summed E-state index contributed by atoms with van der Waals surface area (Å²) in [6.45, 7) is 12.6. The van der Waals surface area contributed by atoms with Gasteiger partial charge in [0.2, 0.25) is 0 Å². The Hall–Kier alpha value is -1.22.